The first-order chi connectivity index (χ1) is 10.5. The van der Waals surface area contributed by atoms with E-state index in [1.807, 2.05) is 19.3 Å². The molecule has 2 atom stereocenters. The highest BCUT2D eigenvalue weighted by Crippen LogP contribution is 2.25. The average molecular weight is 341 g/mol. The molecular weight excluding hydrogens is 323 g/mol. The Bertz CT molecular complexity index is 661. The molecule has 1 aliphatic rings. The predicted octanol–water partition coefficient (Wildman–Crippen LogP) is 2.92. The van der Waals surface area contributed by atoms with E-state index in [0.717, 1.165) is 30.6 Å². The Morgan fingerprint density at radius 2 is 2.18 bits per heavy atom. The molecule has 2 aromatic rings. The number of aliphatic hydroxyl groups is 1. The maximum atomic E-state index is 9.97. The summed E-state index contributed by atoms with van der Waals surface area (Å²) in [5, 5.41) is 19.4. The third-order valence-electron chi connectivity index (χ3n) is 4.12. The molecule has 1 heterocycles. The van der Waals surface area contributed by atoms with Crippen LogP contribution in [0.5, 0.6) is 0 Å². The number of hydrogen-bond donors (Lipinski definition) is 1. The Morgan fingerprint density at radius 1 is 1.36 bits per heavy atom. The van der Waals surface area contributed by atoms with Crippen LogP contribution in [-0.4, -0.2) is 44.2 Å². The highest BCUT2D eigenvalue weighted by molar-refractivity contribution is 6.35. The molecule has 1 fully saturated rings. The fourth-order valence-electron chi connectivity index (χ4n) is 2.96. The summed E-state index contributed by atoms with van der Waals surface area (Å²) in [5.74, 6) is 0. The van der Waals surface area contributed by atoms with Crippen molar-refractivity contribution in [3.63, 3.8) is 0 Å². The van der Waals surface area contributed by atoms with Crippen LogP contribution in [0.4, 0.5) is 0 Å². The van der Waals surface area contributed by atoms with Gasteiger partial charge in [0.2, 0.25) is 0 Å². The molecule has 0 unspecified atom stereocenters. The summed E-state index contributed by atoms with van der Waals surface area (Å²) in [6.45, 7) is 0.646. The number of halogens is 2. The number of rotatable bonds is 4. The number of benzene rings is 1. The topological polar surface area (TPSA) is 54.2 Å². The zero-order chi connectivity index (χ0) is 15.7. The standard InChI is InChI=1S/C15H18Cl2N4O/c1-20(14-3-2-4-15(14)22)8-11-9-21(19-18-11)13-6-5-10(16)7-12(13)17/h5-7,9,14-15,22H,2-4,8H2,1H3/t14-,15-/m1/s1. The number of likely N-dealkylation sites (N-methyl/N-ethyl adjacent to an activating group) is 1. The van der Waals surface area contributed by atoms with Crippen molar-refractivity contribution in [2.24, 2.45) is 0 Å². The van der Waals surface area contributed by atoms with Crippen molar-refractivity contribution in [3.8, 4) is 5.69 Å². The van der Waals surface area contributed by atoms with Gasteiger partial charge in [-0.15, -0.1) is 5.10 Å². The first-order valence-corrected chi connectivity index (χ1v) is 8.05. The van der Waals surface area contributed by atoms with Crippen LogP contribution in [0.15, 0.2) is 24.4 Å². The zero-order valence-electron chi connectivity index (χ0n) is 12.3. The van der Waals surface area contributed by atoms with Gasteiger partial charge in [-0.05, 0) is 44.5 Å². The van der Waals surface area contributed by atoms with Crippen molar-refractivity contribution in [2.45, 2.75) is 38.0 Å². The second-order valence-corrected chi connectivity index (χ2v) is 6.57. The fourth-order valence-corrected chi connectivity index (χ4v) is 3.46. The van der Waals surface area contributed by atoms with E-state index >= 15 is 0 Å². The second-order valence-electron chi connectivity index (χ2n) is 5.73. The number of aliphatic hydroxyl groups excluding tert-OH is 1. The fraction of sp³-hybridized carbons (Fsp3) is 0.467. The van der Waals surface area contributed by atoms with Gasteiger partial charge in [-0.1, -0.05) is 28.4 Å². The van der Waals surface area contributed by atoms with Crippen LogP contribution < -0.4 is 0 Å². The Balaban J connectivity index is 1.73. The van der Waals surface area contributed by atoms with E-state index in [1.165, 1.54) is 0 Å². The van der Waals surface area contributed by atoms with Crippen LogP contribution in [0.2, 0.25) is 10.0 Å². The molecule has 0 saturated heterocycles. The van der Waals surface area contributed by atoms with Crippen molar-refractivity contribution >= 4 is 23.2 Å². The van der Waals surface area contributed by atoms with Crippen molar-refractivity contribution in [3.05, 3.63) is 40.1 Å². The first-order valence-electron chi connectivity index (χ1n) is 7.29. The van der Waals surface area contributed by atoms with Crippen LogP contribution in [0.25, 0.3) is 5.69 Å². The first kappa shape index (κ1) is 15.7. The van der Waals surface area contributed by atoms with Crippen LogP contribution in [0, 0.1) is 0 Å². The number of aromatic nitrogens is 3. The molecular formula is C15H18Cl2N4O. The van der Waals surface area contributed by atoms with Crippen molar-refractivity contribution in [1.29, 1.82) is 0 Å². The molecule has 1 aliphatic carbocycles. The summed E-state index contributed by atoms with van der Waals surface area (Å²) in [7, 11) is 2.01. The van der Waals surface area contributed by atoms with E-state index in [1.54, 1.807) is 16.8 Å². The summed E-state index contributed by atoms with van der Waals surface area (Å²) in [6, 6.07) is 5.46. The van der Waals surface area contributed by atoms with E-state index in [9.17, 15) is 5.11 Å². The quantitative estimate of drug-likeness (QED) is 0.929. The molecule has 0 spiro atoms. The van der Waals surface area contributed by atoms with Gasteiger partial charge in [-0.25, -0.2) is 4.68 Å². The van der Waals surface area contributed by atoms with Crippen LogP contribution in [0.3, 0.4) is 0 Å². The van der Waals surface area contributed by atoms with Crippen LogP contribution in [-0.2, 0) is 6.54 Å². The third-order valence-corrected chi connectivity index (χ3v) is 4.66. The molecule has 1 aromatic heterocycles. The molecule has 0 amide bonds. The summed E-state index contributed by atoms with van der Waals surface area (Å²) in [4.78, 5) is 2.13. The van der Waals surface area contributed by atoms with Crippen LogP contribution >= 0.6 is 23.2 Å². The largest absolute Gasteiger partial charge is 0.391 e. The lowest BCUT2D eigenvalue weighted by Crippen LogP contribution is -2.37. The summed E-state index contributed by atoms with van der Waals surface area (Å²) in [5.41, 5.74) is 1.58. The molecule has 1 saturated carbocycles. The number of hydrogen-bond acceptors (Lipinski definition) is 4. The minimum Gasteiger partial charge on any atom is -0.391 e. The molecule has 1 aromatic carbocycles. The van der Waals surface area contributed by atoms with Gasteiger partial charge in [0.25, 0.3) is 0 Å². The molecule has 0 bridgehead atoms. The van der Waals surface area contributed by atoms with Crippen molar-refractivity contribution < 1.29 is 5.11 Å². The lowest BCUT2D eigenvalue weighted by Gasteiger charge is -2.25. The van der Waals surface area contributed by atoms with Gasteiger partial charge < -0.3 is 5.11 Å². The van der Waals surface area contributed by atoms with Crippen molar-refractivity contribution in [2.75, 3.05) is 7.05 Å². The second kappa shape index (κ2) is 6.54. The molecule has 5 nitrogen and oxygen atoms in total. The summed E-state index contributed by atoms with van der Waals surface area (Å²) in [6.07, 6.45) is 4.58. The highest BCUT2D eigenvalue weighted by atomic mass is 35.5. The van der Waals surface area contributed by atoms with Gasteiger partial charge in [0.15, 0.2) is 0 Å². The Kier molecular flexibility index (Phi) is 4.68. The van der Waals surface area contributed by atoms with Gasteiger partial charge in [-0.2, -0.15) is 0 Å². The average Bonchev–Trinajstić information content (AvgIpc) is 3.08. The summed E-state index contributed by atoms with van der Waals surface area (Å²) < 4.78 is 1.65. The predicted molar refractivity (Wildman–Crippen MR) is 86.5 cm³/mol. The minimum absolute atomic E-state index is 0.198. The Hall–Kier alpha value is -1.14. The van der Waals surface area contributed by atoms with E-state index in [0.29, 0.717) is 16.6 Å². The van der Waals surface area contributed by atoms with Crippen LogP contribution in [0.1, 0.15) is 25.0 Å². The van der Waals surface area contributed by atoms with Gasteiger partial charge in [-0.3, -0.25) is 4.90 Å². The smallest absolute Gasteiger partial charge is 0.0971 e. The molecule has 3 rings (SSSR count). The molecule has 0 radical (unpaired) electrons. The minimum atomic E-state index is -0.245. The third kappa shape index (κ3) is 3.27. The van der Waals surface area contributed by atoms with E-state index in [2.05, 4.69) is 15.2 Å². The molecule has 0 aliphatic heterocycles. The molecule has 118 valence electrons. The molecule has 7 heteroatoms. The van der Waals surface area contributed by atoms with Gasteiger partial charge in [0.1, 0.15) is 0 Å². The van der Waals surface area contributed by atoms with Crippen molar-refractivity contribution in [1.82, 2.24) is 19.9 Å². The van der Waals surface area contributed by atoms with E-state index in [4.69, 9.17) is 23.2 Å². The Labute approximate surface area is 139 Å². The maximum Gasteiger partial charge on any atom is 0.0971 e. The molecule has 1 N–H and O–H groups in total. The lowest BCUT2D eigenvalue weighted by molar-refractivity contribution is 0.0818. The monoisotopic (exact) mass is 340 g/mol. The summed E-state index contributed by atoms with van der Waals surface area (Å²) >= 11 is 12.1. The van der Waals surface area contributed by atoms with E-state index < -0.39 is 0 Å². The van der Waals surface area contributed by atoms with Gasteiger partial charge >= 0.3 is 0 Å². The zero-order valence-corrected chi connectivity index (χ0v) is 13.8. The highest BCUT2D eigenvalue weighted by Gasteiger charge is 2.28. The lowest BCUT2D eigenvalue weighted by atomic mass is 10.2. The van der Waals surface area contributed by atoms with Gasteiger partial charge in [0, 0.05) is 17.6 Å². The maximum absolute atomic E-state index is 9.97. The Morgan fingerprint density at radius 3 is 2.86 bits per heavy atom. The molecule has 22 heavy (non-hydrogen) atoms. The van der Waals surface area contributed by atoms with Gasteiger partial charge in [0.05, 0.1) is 28.7 Å². The number of nitrogens with zero attached hydrogens (tertiary/aromatic N) is 4. The SMILES string of the molecule is CN(Cc1cn(-c2ccc(Cl)cc2Cl)nn1)[C@@H]1CCC[C@H]1O. The normalized spacial score (nSPS) is 21.7. The van der Waals surface area contributed by atoms with E-state index in [-0.39, 0.29) is 12.1 Å².